The molecule has 1 N–H and O–H groups in total. The summed E-state index contributed by atoms with van der Waals surface area (Å²) in [5.74, 6) is 0.974. The van der Waals surface area contributed by atoms with Gasteiger partial charge in [-0.1, -0.05) is 153 Å². The van der Waals surface area contributed by atoms with Crippen LogP contribution >= 0.6 is 0 Å². The van der Waals surface area contributed by atoms with Crippen molar-refractivity contribution in [3.63, 3.8) is 0 Å². The number of hydrogen-bond donors (Lipinski definition) is 1. The monoisotopic (exact) mass is 971 g/mol. The number of phenolic OH excluding ortho intramolecular Hbond substituents is 1. The van der Waals surface area contributed by atoms with Crippen LogP contribution in [-0.4, -0.2) is 19.6 Å². The zero-order valence-corrected chi connectivity index (χ0v) is 36.9. The van der Waals surface area contributed by atoms with E-state index >= 15 is 0 Å². The first-order valence-electron chi connectivity index (χ1n) is 21.0. The Morgan fingerprint density at radius 1 is 0.557 bits per heavy atom. The first-order chi connectivity index (χ1) is 29.3. The minimum atomic E-state index is -0.147. The average Bonchev–Trinajstić information content (AvgIpc) is 3.68. The molecule has 4 nitrogen and oxygen atoms in total. The number of aromatic nitrogens is 3. The summed E-state index contributed by atoms with van der Waals surface area (Å²) in [6.07, 6.45) is 6.18. The SMILES string of the molecule is CC(C)(C)c1cc(-c2cc(-c3ccc(-c4ccccc4)cc3)ccn2)[c-]c(-c2cccc3c2nc(-c2cc4c(cc2O)CCCC4)n3-c2ccccc2-c2ccccc2)c1.[Pt]. The molecule has 0 radical (unpaired) electrons. The predicted molar refractivity (Wildman–Crippen MR) is 247 cm³/mol. The third-order valence-electron chi connectivity index (χ3n) is 12.0. The van der Waals surface area contributed by atoms with Crippen molar-refractivity contribution in [2.45, 2.75) is 51.9 Å². The van der Waals surface area contributed by atoms with E-state index in [0.717, 1.165) is 92.6 Å². The Bertz CT molecular complexity index is 3020. The average molecular weight is 972 g/mol. The number of benzene rings is 7. The minimum absolute atomic E-state index is 0. The molecule has 9 aromatic rings. The van der Waals surface area contributed by atoms with E-state index < -0.39 is 0 Å². The summed E-state index contributed by atoms with van der Waals surface area (Å²) in [6, 6.07) is 61.4. The molecule has 61 heavy (non-hydrogen) atoms. The summed E-state index contributed by atoms with van der Waals surface area (Å²) in [4.78, 5) is 10.4. The van der Waals surface area contributed by atoms with Gasteiger partial charge < -0.3 is 5.11 Å². The van der Waals surface area contributed by atoms with Crippen LogP contribution in [0.4, 0.5) is 0 Å². The molecule has 0 bridgehead atoms. The number of phenols is 1. The summed E-state index contributed by atoms with van der Waals surface area (Å²) < 4.78 is 2.24. The molecule has 302 valence electrons. The summed E-state index contributed by atoms with van der Waals surface area (Å²) in [5.41, 5.74) is 17.7. The van der Waals surface area contributed by atoms with Gasteiger partial charge in [0.2, 0.25) is 0 Å². The van der Waals surface area contributed by atoms with Crippen LogP contribution in [0.25, 0.3) is 83.9 Å². The quantitative estimate of drug-likeness (QED) is 0.162. The molecule has 1 aliphatic rings. The van der Waals surface area contributed by atoms with Gasteiger partial charge in [-0.3, -0.25) is 9.55 Å². The zero-order chi connectivity index (χ0) is 40.8. The Labute approximate surface area is 372 Å². The van der Waals surface area contributed by atoms with Crippen molar-refractivity contribution in [1.29, 1.82) is 0 Å². The molecule has 0 fully saturated rings. The van der Waals surface area contributed by atoms with Crippen molar-refractivity contribution in [2.24, 2.45) is 0 Å². The van der Waals surface area contributed by atoms with E-state index in [-0.39, 0.29) is 32.2 Å². The van der Waals surface area contributed by atoms with Crippen molar-refractivity contribution in [1.82, 2.24) is 14.5 Å². The zero-order valence-electron chi connectivity index (χ0n) is 34.6. The van der Waals surface area contributed by atoms with Gasteiger partial charge in [0.05, 0.1) is 22.3 Å². The van der Waals surface area contributed by atoms with E-state index in [1.807, 2.05) is 24.4 Å². The van der Waals surface area contributed by atoms with Crippen LogP contribution in [0.15, 0.2) is 170 Å². The largest absolute Gasteiger partial charge is 0.507 e. The summed E-state index contributed by atoms with van der Waals surface area (Å²) in [6.45, 7) is 6.75. The van der Waals surface area contributed by atoms with E-state index in [4.69, 9.17) is 9.97 Å². The molecule has 0 spiro atoms. The number of para-hydroxylation sites is 2. The number of hydrogen-bond acceptors (Lipinski definition) is 3. The van der Waals surface area contributed by atoms with Crippen molar-refractivity contribution in [3.8, 4) is 78.6 Å². The maximum absolute atomic E-state index is 11.8. The van der Waals surface area contributed by atoms with Crippen LogP contribution in [0.5, 0.6) is 5.75 Å². The molecule has 0 atom stereocenters. The number of aryl methyl sites for hydroxylation is 2. The summed E-state index contributed by atoms with van der Waals surface area (Å²) in [5, 5.41) is 11.8. The molecular formula is C56H46N3OPt-. The van der Waals surface area contributed by atoms with E-state index in [9.17, 15) is 5.11 Å². The molecule has 0 saturated carbocycles. The smallest absolute Gasteiger partial charge is 0.148 e. The second kappa shape index (κ2) is 16.6. The summed E-state index contributed by atoms with van der Waals surface area (Å²) >= 11 is 0. The molecule has 0 aliphatic heterocycles. The van der Waals surface area contributed by atoms with E-state index in [0.29, 0.717) is 5.82 Å². The van der Waals surface area contributed by atoms with Crippen LogP contribution in [0.3, 0.4) is 0 Å². The second-order valence-electron chi connectivity index (χ2n) is 17.0. The van der Waals surface area contributed by atoms with E-state index in [2.05, 4.69) is 177 Å². The standard InChI is InChI=1S/C56H46N3O.Pt/c1-56(2,3)46-32-44(31-45(33-46)50-35-43(29-30-57-50)39-27-25-38(26-28-39)37-15-6-4-7-16-37)48-22-14-24-52-54(48)58-55(49-34-41-19-10-11-20-42(41)36-53(49)60)59(52)51-23-13-12-21-47(51)40-17-8-5-9-18-40;/h4-9,12-18,21-30,32-36,60H,10-11,19-20H2,1-3H3;/q-1;. The van der Waals surface area contributed by atoms with E-state index in [1.54, 1.807) is 0 Å². The molecular weight excluding hydrogens is 926 g/mol. The molecule has 10 rings (SSSR count). The van der Waals surface area contributed by atoms with Crippen molar-refractivity contribution in [3.05, 3.63) is 193 Å². The Morgan fingerprint density at radius 3 is 1.89 bits per heavy atom. The van der Waals surface area contributed by atoms with Gasteiger partial charge in [0.15, 0.2) is 0 Å². The topological polar surface area (TPSA) is 50.9 Å². The van der Waals surface area contributed by atoms with Gasteiger partial charge in [0, 0.05) is 38.5 Å². The van der Waals surface area contributed by atoms with Crippen molar-refractivity contribution in [2.75, 3.05) is 0 Å². The summed E-state index contributed by atoms with van der Waals surface area (Å²) in [7, 11) is 0. The molecule has 0 amide bonds. The first-order valence-corrected chi connectivity index (χ1v) is 21.0. The second-order valence-corrected chi connectivity index (χ2v) is 17.0. The van der Waals surface area contributed by atoms with Gasteiger partial charge in [-0.2, -0.15) is 0 Å². The van der Waals surface area contributed by atoms with Crippen molar-refractivity contribution >= 4 is 11.0 Å². The molecule has 1 aliphatic carbocycles. The maximum atomic E-state index is 11.8. The number of aromatic hydroxyl groups is 1. The first kappa shape index (κ1) is 40.1. The number of rotatable bonds is 7. The van der Waals surface area contributed by atoms with Crippen LogP contribution in [0.2, 0.25) is 0 Å². The number of pyridine rings is 1. The van der Waals surface area contributed by atoms with Crippen LogP contribution in [-0.2, 0) is 39.3 Å². The molecule has 0 saturated heterocycles. The van der Waals surface area contributed by atoms with Gasteiger partial charge >= 0.3 is 0 Å². The fourth-order valence-electron chi connectivity index (χ4n) is 8.75. The Hall–Kier alpha value is -6.35. The van der Waals surface area contributed by atoms with Crippen LogP contribution in [0.1, 0.15) is 50.3 Å². The third-order valence-corrected chi connectivity index (χ3v) is 12.0. The Morgan fingerprint density at radius 2 is 1.16 bits per heavy atom. The van der Waals surface area contributed by atoms with Gasteiger partial charge in [-0.25, -0.2) is 4.98 Å². The van der Waals surface area contributed by atoms with Gasteiger partial charge in [0.1, 0.15) is 11.6 Å². The molecule has 7 aromatic carbocycles. The van der Waals surface area contributed by atoms with Gasteiger partial charge in [-0.05, 0) is 100 Å². The molecule has 2 heterocycles. The number of imidazole rings is 1. The normalized spacial score (nSPS) is 12.5. The van der Waals surface area contributed by atoms with Gasteiger partial charge in [0.25, 0.3) is 0 Å². The van der Waals surface area contributed by atoms with Gasteiger partial charge in [-0.15, -0.1) is 29.3 Å². The Balaban J connectivity index is 0.00000476. The van der Waals surface area contributed by atoms with E-state index in [1.165, 1.54) is 27.8 Å². The fourth-order valence-corrected chi connectivity index (χ4v) is 8.75. The third kappa shape index (κ3) is 7.78. The molecule has 5 heteroatoms. The number of nitrogens with zero attached hydrogens (tertiary/aromatic N) is 3. The molecule has 2 aromatic heterocycles. The van der Waals surface area contributed by atoms with Crippen LogP contribution < -0.4 is 0 Å². The van der Waals surface area contributed by atoms with Crippen LogP contribution in [0, 0.1) is 6.07 Å². The maximum Gasteiger partial charge on any atom is 0.148 e. The molecule has 0 unspecified atom stereocenters. The fraction of sp³-hybridized carbons (Fsp3) is 0.143. The van der Waals surface area contributed by atoms with Crippen molar-refractivity contribution < 1.29 is 26.2 Å². The predicted octanol–water partition coefficient (Wildman–Crippen LogP) is 14.1. The Kier molecular flexibility index (Phi) is 10.9. The number of fused-ring (bicyclic) bond motifs is 2. The minimum Gasteiger partial charge on any atom is -0.507 e.